The maximum atomic E-state index is 13.7. The maximum absolute atomic E-state index is 13.7. The van der Waals surface area contributed by atoms with Crippen LogP contribution in [0.15, 0.2) is 119 Å². The molecule has 2 heterocycles. The normalized spacial score (nSPS) is 18.7. The minimum absolute atomic E-state index is 0.0331. The van der Waals surface area contributed by atoms with E-state index < -0.39 is 0 Å². The molecule has 0 saturated heterocycles. The van der Waals surface area contributed by atoms with E-state index in [0.717, 1.165) is 43.7 Å². The predicted octanol–water partition coefficient (Wildman–Crippen LogP) is 5.74. The molecule has 2 atom stereocenters. The van der Waals surface area contributed by atoms with Crippen molar-refractivity contribution in [3.05, 3.63) is 131 Å². The van der Waals surface area contributed by atoms with Crippen molar-refractivity contribution < 1.29 is 0 Å². The summed E-state index contributed by atoms with van der Waals surface area (Å²) in [6, 6.07) is 30.9. The molecule has 156 valence electrons. The summed E-state index contributed by atoms with van der Waals surface area (Å²) >= 11 is 0. The monoisotopic (exact) mass is 424 g/mol. The summed E-state index contributed by atoms with van der Waals surface area (Å²) in [5.41, 5.74) is 5.42. The van der Waals surface area contributed by atoms with Crippen molar-refractivity contribution >= 4 is 27.1 Å². The lowest BCUT2D eigenvalue weighted by atomic mass is 9.93. The van der Waals surface area contributed by atoms with Gasteiger partial charge < -0.3 is 0 Å². The molecule has 7 rings (SSSR count). The third-order valence-electron chi connectivity index (χ3n) is 6.89. The molecular weight excluding hydrogens is 404 g/mol. The molecule has 2 unspecified atom stereocenters. The van der Waals surface area contributed by atoms with Crippen molar-refractivity contribution in [2.24, 2.45) is 4.99 Å². The van der Waals surface area contributed by atoms with Gasteiger partial charge in [0.2, 0.25) is 0 Å². The summed E-state index contributed by atoms with van der Waals surface area (Å²) in [7, 11) is 0. The molecule has 0 amide bonds. The number of pyridine rings is 1. The standard InChI is InChI=1S/C30H20N2O/c33-30-25-13-7-12-23-22(20-10-5-2-6-11-20)15-16-24(28(23)25)29-31-26-18-21(14-17-27(26)32(29)30)19-8-3-1-4-9-19/h1-18,26-27H. The van der Waals surface area contributed by atoms with Crippen LogP contribution in [-0.4, -0.2) is 10.6 Å². The zero-order valence-corrected chi connectivity index (χ0v) is 17.8. The van der Waals surface area contributed by atoms with Gasteiger partial charge in [0, 0.05) is 16.2 Å². The smallest absolute Gasteiger partial charge is 0.260 e. The molecule has 4 aromatic carbocycles. The van der Waals surface area contributed by atoms with Crippen LogP contribution in [-0.2, 0) is 0 Å². The number of hydrogen-bond donors (Lipinski definition) is 0. The second-order valence-electron chi connectivity index (χ2n) is 8.71. The second-order valence-corrected chi connectivity index (χ2v) is 8.71. The fraction of sp³-hybridized carbons (Fsp3) is 0.0667. The van der Waals surface area contributed by atoms with E-state index in [2.05, 4.69) is 60.7 Å². The Morgan fingerprint density at radius 1 is 0.697 bits per heavy atom. The number of benzene rings is 4. The van der Waals surface area contributed by atoms with Crippen molar-refractivity contribution in [3.63, 3.8) is 0 Å². The lowest BCUT2D eigenvalue weighted by Crippen LogP contribution is -2.34. The highest BCUT2D eigenvalue weighted by molar-refractivity contribution is 6.14. The van der Waals surface area contributed by atoms with Crippen LogP contribution in [0.25, 0.3) is 38.2 Å². The molecule has 1 aliphatic carbocycles. The molecule has 3 nitrogen and oxygen atoms in total. The SMILES string of the molecule is O=c1c2cccc3c(-c4ccccc4)ccc(c4n1C1C=CC(c5ccccc5)=CC1N=4)c32. The fourth-order valence-corrected chi connectivity index (χ4v) is 5.38. The lowest BCUT2D eigenvalue weighted by Gasteiger charge is -2.20. The number of aromatic nitrogens is 1. The third kappa shape index (κ3) is 2.63. The highest BCUT2D eigenvalue weighted by atomic mass is 16.1. The highest BCUT2D eigenvalue weighted by Gasteiger charge is 2.31. The van der Waals surface area contributed by atoms with Crippen LogP contribution in [0, 0.1) is 0 Å². The highest BCUT2D eigenvalue weighted by Crippen LogP contribution is 2.35. The topological polar surface area (TPSA) is 34.4 Å². The third-order valence-corrected chi connectivity index (χ3v) is 6.89. The van der Waals surface area contributed by atoms with Gasteiger partial charge in [0.05, 0.1) is 12.1 Å². The van der Waals surface area contributed by atoms with E-state index in [1.165, 1.54) is 5.56 Å². The van der Waals surface area contributed by atoms with Crippen LogP contribution in [0.1, 0.15) is 11.6 Å². The Hall–Kier alpha value is -4.24. The van der Waals surface area contributed by atoms with Gasteiger partial charge in [-0.3, -0.25) is 14.4 Å². The molecule has 3 heteroatoms. The number of fused-ring (bicyclic) bond motifs is 4. The summed E-state index contributed by atoms with van der Waals surface area (Å²) < 4.78 is 1.89. The number of hydrogen-bond acceptors (Lipinski definition) is 2. The zero-order valence-electron chi connectivity index (χ0n) is 17.8. The van der Waals surface area contributed by atoms with Crippen molar-refractivity contribution in [3.8, 4) is 11.1 Å². The van der Waals surface area contributed by atoms with Crippen LogP contribution in [0.4, 0.5) is 0 Å². The predicted molar refractivity (Wildman–Crippen MR) is 134 cm³/mol. The van der Waals surface area contributed by atoms with E-state index in [1.54, 1.807) is 0 Å². The van der Waals surface area contributed by atoms with Gasteiger partial charge in [0.15, 0.2) is 0 Å². The Kier molecular flexibility index (Phi) is 3.82. The van der Waals surface area contributed by atoms with Crippen LogP contribution in [0.5, 0.6) is 0 Å². The van der Waals surface area contributed by atoms with E-state index in [4.69, 9.17) is 4.99 Å². The maximum Gasteiger partial charge on any atom is 0.260 e. The largest absolute Gasteiger partial charge is 0.283 e. The molecule has 2 aliphatic rings. The number of nitrogens with zero attached hydrogens (tertiary/aromatic N) is 2. The van der Waals surface area contributed by atoms with E-state index in [1.807, 2.05) is 53.1 Å². The minimum Gasteiger partial charge on any atom is -0.283 e. The van der Waals surface area contributed by atoms with Gasteiger partial charge in [0.1, 0.15) is 5.49 Å². The average molecular weight is 425 g/mol. The molecular formula is C30H20N2O. The molecule has 1 aliphatic heterocycles. The first kappa shape index (κ1) is 18.3. The Balaban J connectivity index is 1.49. The quantitative estimate of drug-likeness (QED) is 0.356. The van der Waals surface area contributed by atoms with Crippen molar-refractivity contribution in [1.82, 2.24) is 4.57 Å². The average Bonchev–Trinajstić information content (AvgIpc) is 3.27. The summed E-state index contributed by atoms with van der Waals surface area (Å²) in [5, 5.41) is 3.90. The van der Waals surface area contributed by atoms with Gasteiger partial charge >= 0.3 is 0 Å². The molecule has 0 radical (unpaired) electrons. The molecule has 1 aromatic heterocycles. The van der Waals surface area contributed by atoms with E-state index in [9.17, 15) is 4.79 Å². The Labute approximate surface area is 190 Å². The van der Waals surface area contributed by atoms with Gasteiger partial charge in [-0.05, 0) is 45.9 Å². The van der Waals surface area contributed by atoms with Crippen molar-refractivity contribution in [2.75, 3.05) is 0 Å². The van der Waals surface area contributed by atoms with Crippen LogP contribution in [0.2, 0.25) is 0 Å². The fourth-order valence-electron chi connectivity index (χ4n) is 5.38. The number of rotatable bonds is 2. The first-order valence-electron chi connectivity index (χ1n) is 11.3. The minimum atomic E-state index is -0.0860. The summed E-state index contributed by atoms with van der Waals surface area (Å²) in [6.45, 7) is 0. The Morgan fingerprint density at radius 3 is 2.21 bits per heavy atom. The summed E-state index contributed by atoms with van der Waals surface area (Å²) in [4.78, 5) is 18.8. The molecule has 0 fully saturated rings. The molecule has 0 bridgehead atoms. The van der Waals surface area contributed by atoms with E-state index in [0.29, 0.717) is 0 Å². The van der Waals surface area contributed by atoms with Crippen molar-refractivity contribution in [1.29, 1.82) is 0 Å². The van der Waals surface area contributed by atoms with Crippen LogP contribution < -0.4 is 11.0 Å². The van der Waals surface area contributed by atoms with Gasteiger partial charge in [0.25, 0.3) is 5.56 Å². The van der Waals surface area contributed by atoms with E-state index in [-0.39, 0.29) is 17.6 Å². The van der Waals surface area contributed by atoms with Gasteiger partial charge in [-0.25, -0.2) is 0 Å². The van der Waals surface area contributed by atoms with E-state index >= 15 is 0 Å². The summed E-state index contributed by atoms with van der Waals surface area (Å²) in [5.74, 6) is 0. The number of allylic oxidation sites excluding steroid dienone is 2. The molecule has 33 heavy (non-hydrogen) atoms. The second kappa shape index (κ2) is 6.88. The molecule has 0 saturated carbocycles. The van der Waals surface area contributed by atoms with Gasteiger partial charge in [-0.15, -0.1) is 0 Å². The van der Waals surface area contributed by atoms with Crippen LogP contribution >= 0.6 is 0 Å². The first-order chi connectivity index (χ1) is 16.3. The molecule has 0 N–H and O–H groups in total. The molecule has 0 spiro atoms. The Morgan fingerprint density at radius 2 is 1.42 bits per heavy atom. The van der Waals surface area contributed by atoms with Crippen molar-refractivity contribution in [2.45, 2.75) is 12.1 Å². The zero-order chi connectivity index (χ0) is 21.9. The lowest BCUT2D eigenvalue weighted by molar-refractivity contribution is 0.579. The Bertz CT molecular complexity index is 1730. The van der Waals surface area contributed by atoms with Crippen LogP contribution in [0.3, 0.4) is 0 Å². The molecule has 5 aromatic rings. The van der Waals surface area contributed by atoms with Gasteiger partial charge in [-0.1, -0.05) is 91.0 Å². The van der Waals surface area contributed by atoms with Gasteiger partial charge in [-0.2, -0.15) is 0 Å². The first-order valence-corrected chi connectivity index (χ1v) is 11.3. The summed E-state index contributed by atoms with van der Waals surface area (Å²) in [6.07, 6.45) is 6.44.